The molecular weight excluding hydrogens is 280 g/mol. The Labute approximate surface area is 129 Å². The zero-order chi connectivity index (χ0) is 16.1. The smallest absolute Gasteiger partial charge is 0.357 e. The molecule has 0 saturated heterocycles. The van der Waals surface area contributed by atoms with Crippen molar-refractivity contribution in [1.82, 2.24) is 9.88 Å². The quantitative estimate of drug-likeness (QED) is 0.816. The molecule has 0 aliphatic carbocycles. The lowest BCUT2D eigenvalue weighted by Gasteiger charge is -2.09. The second-order valence-corrected chi connectivity index (χ2v) is 4.80. The summed E-state index contributed by atoms with van der Waals surface area (Å²) in [4.78, 5) is 11.9. The number of nitrogens with one attached hydrogen (secondary N) is 1. The van der Waals surface area contributed by atoms with Crippen LogP contribution in [0.4, 0.5) is 5.69 Å². The number of carbonyl (C=O) groups is 1. The van der Waals surface area contributed by atoms with Crippen LogP contribution in [0.2, 0.25) is 0 Å². The molecule has 0 aliphatic rings. The lowest BCUT2D eigenvalue weighted by atomic mass is 10.1. The number of benzene rings is 1. The minimum atomic E-state index is -0.571. The Hall–Kier alpha value is -2.78. The van der Waals surface area contributed by atoms with Gasteiger partial charge < -0.3 is 20.4 Å². The molecule has 0 amide bonds. The normalized spacial score (nSPS) is 10.2. The van der Waals surface area contributed by atoms with Gasteiger partial charge in [-0.15, -0.1) is 0 Å². The van der Waals surface area contributed by atoms with Gasteiger partial charge >= 0.3 is 5.97 Å². The highest BCUT2D eigenvalue weighted by Crippen LogP contribution is 2.24. The topological polar surface area (TPSA) is 93.1 Å². The van der Waals surface area contributed by atoms with Crippen molar-refractivity contribution in [3.05, 3.63) is 47.3 Å². The summed E-state index contributed by atoms with van der Waals surface area (Å²) in [5.41, 5.74) is 8.35. The van der Waals surface area contributed by atoms with Crippen molar-refractivity contribution in [3.63, 3.8) is 0 Å². The van der Waals surface area contributed by atoms with Crippen molar-refractivity contribution in [2.24, 2.45) is 0 Å². The lowest BCUT2D eigenvalue weighted by molar-refractivity contribution is 0.0593. The molecule has 0 unspecified atom stereocenters. The number of aromatic nitrogens is 1. The second kappa shape index (κ2) is 6.78. The number of nitrogens with two attached hydrogens (primary N) is 1. The van der Waals surface area contributed by atoms with E-state index in [2.05, 4.69) is 5.32 Å². The van der Waals surface area contributed by atoms with Crippen molar-refractivity contribution in [1.29, 1.82) is 5.26 Å². The first-order valence-electron chi connectivity index (χ1n) is 6.85. The predicted molar refractivity (Wildman–Crippen MR) is 83.9 cm³/mol. The Morgan fingerprint density at radius 2 is 2.09 bits per heavy atom. The molecule has 22 heavy (non-hydrogen) atoms. The molecule has 114 valence electrons. The summed E-state index contributed by atoms with van der Waals surface area (Å²) in [6, 6.07) is 9.72. The number of nitriles is 1. The van der Waals surface area contributed by atoms with E-state index in [4.69, 9.17) is 15.7 Å². The van der Waals surface area contributed by atoms with E-state index >= 15 is 0 Å². The van der Waals surface area contributed by atoms with E-state index in [1.807, 2.05) is 37.4 Å². The van der Waals surface area contributed by atoms with Gasteiger partial charge in [-0.1, -0.05) is 12.1 Å². The molecule has 2 rings (SSSR count). The van der Waals surface area contributed by atoms with Crippen LogP contribution in [0.1, 0.15) is 21.6 Å². The van der Waals surface area contributed by atoms with Crippen molar-refractivity contribution >= 4 is 11.7 Å². The molecule has 0 bridgehead atoms. The molecule has 1 heterocycles. The van der Waals surface area contributed by atoms with E-state index in [1.165, 1.54) is 12.7 Å². The molecule has 2 aromatic rings. The van der Waals surface area contributed by atoms with Crippen LogP contribution in [0.3, 0.4) is 0 Å². The molecule has 0 radical (unpaired) electrons. The van der Waals surface area contributed by atoms with Crippen LogP contribution in [0.15, 0.2) is 30.5 Å². The molecule has 6 nitrogen and oxygen atoms in total. The van der Waals surface area contributed by atoms with Gasteiger partial charge in [0.25, 0.3) is 0 Å². The highest BCUT2D eigenvalue weighted by Gasteiger charge is 2.21. The van der Waals surface area contributed by atoms with Crippen molar-refractivity contribution in [3.8, 4) is 11.8 Å². The van der Waals surface area contributed by atoms with Gasteiger partial charge in [0.05, 0.1) is 18.4 Å². The summed E-state index contributed by atoms with van der Waals surface area (Å²) < 4.78 is 6.34. The summed E-state index contributed by atoms with van der Waals surface area (Å²) >= 11 is 0. The highest BCUT2D eigenvalue weighted by molar-refractivity contribution is 5.95. The van der Waals surface area contributed by atoms with E-state index in [0.717, 1.165) is 18.7 Å². The van der Waals surface area contributed by atoms with Crippen molar-refractivity contribution in [2.75, 3.05) is 26.4 Å². The third-order valence-electron chi connectivity index (χ3n) is 3.42. The molecule has 0 atom stereocenters. The maximum atomic E-state index is 11.9. The first-order chi connectivity index (χ1) is 10.6. The van der Waals surface area contributed by atoms with Crippen LogP contribution >= 0.6 is 0 Å². The zero-order valence-corrected chi connectivity index (χ0v) is 12.6. The SMILES string of the molecule is CNCCc1ccc(-n2cc(C#N)c(N)c2C(=O)OC)cc1. The van der Waals surface area contributed by atoms with Gasteiger partial charge in [-0.2, -0.15) is 5.26 Å². The molecule has 1 aromatic carbocycles. The molecule has 6 heteroatoms. The number of anilines is 1. The standard InChI is InChI=1S/C16H18N4O2/c1-19-8-7-11-3-5-13(6-4-11)20-10-12(9-17)14(18)15(20)16(21)22-2/h3-6,10,19H,7-8,18H2,1-2H3. The minimum absolute atomic E-state index is 0.133. The molecule has 0 fully saturated rings. The molecule has 0 saturated carbocycles. The van der Waals surface area contributed by atoms with E-state index < -0.39 is 5.97 Å². The summed E-state index contributed by atoms with van der Waals surface area (Å²) in [5.74, 6) is -0.571. The number of likely N-dealkylation sites (N-methyl/N-ethyl adjacent to an activating group) is 1. The molecular formula is C16H18N4O2. The second-order valence-electron chi connectivity index (χ2n) is 4.80. The number of hydrogen-bond donors (Lipinski definition) is 2. The van der Waals surface area contributed by atoms with Crippen molar-refractivity contribution < 1.29 is 9.53 Å². The van der Waals surface area contributed by atoms with Gasteiger partial charge in [0.15, 0.2) is 5.69 Å². The number of nitrogens with zero attached hydrogens (tertiary/aromatic N) is 2. The molecule has 0 spiro atoms. The number of hydrogen-bond acceptors (Lipinski definition) is 5. The third-order valence-corrected chi connectivity index (χ3v) is 3.42. The Morgan fingerprint density at radius 1 is 1.41 bits per heavy atom. The van der Waals surface area contributed by atoms with E-state index in [9.17, 15) is 4.79 Å². The monoisotopic (exact) mass is 298 g/mol. The largest absolute Gasteiger partial charge is 0.464 e. The minimum Gasteiger partial charge on any atom is -0.464 e. The number of carbonyl (C=O) groups excluding carboxylic acids is 1. The lowest BCUT2D eigenvalue weighted by Crippen LogP contribution is -2.11. The first kappa shape index (κ1) is 15.6. The molecule has 3 N–H and O–H groups in total. The van der Waals surface area contributed by atoms with Crippen LogP contribution in [-0.4, -0.2) is 31.2 Å². The van der Waals surface area contributed by atoms with Gasteiger partial charge in [0, 0.05) is 11.9 Å². The highest BCUT2D eigenvalue weighted by atomic mass is 16.5. The number of methoxy groups -OCH3 is 1. The van der Waals surface area contributed by atoms with Crippen LogP contribution in [0.25, 0.3) is 5.69 Å². The Kier molecular flexibility index (Phi) is 4.81. The summed E-state index contributed by atoms with van der Waals surface area (Å²) in [7, 11) is 3.19. The fourth-order valence-electron chi connectivity index (χ4n) is 2.21. The number of ether oxygens (including phenoxy) is 1. The van der Waals surface area contributed by atoms with Gasteiger partial charge in [0.2, 0.25) is 0 Å². The summed E-state index contributed by atoms with van der Waals surface area (Å²) in [5, 5.41) is 12.2. The average molecular weight is 298 g/mol. The van der Waals surface area contributed by atoms with Gasteiger partial charge in [0.1, 0.15) is 6.07 Å². The van der Waals surface area contributed by atoms with Crippen LogP contribution in [0.5, 0.6) is 0 Å². The van der Waals surface area contributed by atoms with Crippen LogP contribution in [-0.2, 0) is 11.2 Å². The summed E-state index contributed by atoms with van der Waals surface area (Å²) in [6.45, 7) is 0.891. The number of esters is 1. The van der Waals surface area contributed by atoms with E-state index in [0.29, 0.717) is 0 Å². The zero-order valence-electron chi connectivity index (χ0n) is 12.6. The fourth-order valence-corrected chi connectivity index (χ4v) is 2.21. The van der Waals surface area contributed by atoms with Crippen LogP contribution in [0, 0.1) is 11.3 Å². The first-order valence-corrected chi connectivity index (χ1v) is 6.85. The maximum Gasteiger partial charge on any atom is 0.357 e. The molecule has 1 aromatic heterocycles. The third kappa shape index (κ3) is 2.95. The van der Waals surface area contributed by atoms with E-state index in [-0.39, 0.29) is 16.9 Å². The average Bonchev–Trinajstić information content (AvgIpc) is 2.89. The summed E-state index contributed by atoms with van der Waals surface area (Å²) in [6.07, 6.45) is 2.46. The van der Waals surface area contributed by atoms with Crippen molar-refractivity contribution in [2.45, 2.75) is 6.42 Å². The van der Waals surface area contributed by atoms with E-state index in [1.54, 1.807) is 10.8 Å². The maximum absolute atomic E-state index is 11.9. The Morgan fingerprint density at radius 3 is 2.64 bits per heavy atom. The predicted octanol–water partition coefficient (Wildman–Crippen LogP) is 1.48. The van der Waals surface area contributed by atoms with Gasteiger partial charge in [-0.05, 0) is 37.7 Å². The Bertz CT molecular complexity index is 711. The van der Waals surface area contributed by atoms with Gasteiger partial charge in [-0.25, -0.2) is 4.79 Å². The number of rotatable bonds is 5. The fraction of sp³-hybridized carbons (Fsp3) is 0.250. The van der Waals surface area contributed by atoms with Crippen LogP contribution < -0.4 is 11.1 Å². The molecule has 0 aliphatic heterocycles. The van der Waals surface area contributed by atoms with Gasteiger partial charge in [-0.3, -0.25) is 0 Å². The number of nitrogen functional groups attached to an aromatic ring is 1. The Balaban J connectivity index is 2.44.